The number of benzene rings is 2. The largest absolute Gasteiger partial charge is 0.495 e. The number of nitrogens with zero attached hydrogens (tertiary/aromatic N) is 2. The second-order valence-electron chi connectivity index (χ2n) is 6.97. The summed E-state index contributed by atoms with van der Waals surface area (Å²) in [7, 11) is 2.91. The van der Waals surface area contributed by atoms with Crippen molar-refractivity contribution in [3.63, 3.8) is 0 Å². The molecule has 0 saturated carbocycles. The van der Waals surface area contributed by atoms with Crippen molar-refractivity contribution in [3.05, 3.63) is 68.8 Å². The van der Waals surface area contributed by atoms with Gasteiger partial charge in [0.15, 0.2) is 0 Å². The number of methoxy groups -OCH3 is 2. The van der Waals surface area contributed by atoms with Gasteiger partial charge in [-0.3, -0.25) is 14.2 Å². The van der Waals surface area contributed by atoms with Crippen LogP contribution >= 0.6 is 11.6 Å². The second kappa shape index (κ2) is 9.69. The summed E-state index contributed by atoms with van der Waals surface area (Å²) in [5, 5.41) is 5.95. The van der Waals surface area contributed by atoms with E-state index in [9.17, 15) is 14.0 Å². The van der Waals surface area contributed by atoms with Crippen molar-refractivity contribution in [1.29, 1.82) is 0 Å². The monoisotopic (exact) mass is 460 g/mol. The van der Waals surface area contributed by atoms with E-state index in [1.165, 1.54) is 43.1 Å². The molecule has 168 valence electrons. The summed E-state index contributed by atoms with van der Waals surface area (Å²) >= 11 is 6.15. The molecule has 1 heterocycles. The summed E-state index contributed by atoms with van der Waals surface area (Å²) < 4.78 is 25.2. The molecule has 8 nitrogen and oxygen atoms in total. The molecule has 0 unspecified atom stereocenters. The molecule has 0 bridgehead atoms. The van der Waals surface area contributed by atoms with E-state index in [-0.39, 0.29) is 23.3 Å². The Bertz CT molecular complexity index is 1230. The molecule has 0 aliphatic rings. The van der Waals surface area contributed by atoms with Gasteiger partial charge in [-0.05, 0) is 43.7 Å². The first kappa shape index (κ1) is 23.1. The van der Waals surface area contributed by atoms with E-state index in [0.29, 0.717) is 34.1 Å². The zero-order chi connectivity index (χ0) is 23.4. The lowest BCUT2D eigenvalue weighted by Crippen LogP contribution is -2.30. The highest BCUT2D eigenvalue weighted by atomic mass is 35.5. The van der Waals surface area contributed by atoms with Crippen LogP contribution in [0.1, 0.15) is 11.3 Å². The Morgan fingerprint density at radius 1 is 1.12 bits per heavy atom. The highest BCUT2D eigenvalue weighted by molar-refractivity contribution is 6.32. The zero-order valence-electron chi connectivity index (χ0n) is 18.0. The van der Waals surface area contributed by atoms with E-state index in [1.807, 2.05) is 0 Å². The number of hydrogen-bond donors (Lipinski definition) is 2. The Kier molecular flexibility index (Phi) is 6.99. The number of halogens is 2. The van der Waals surface area contributed by atoms with Gasteiger partial charge in [-0.1, -0.05) is 11.6 Å². The summed E-state index contributed by atoms with van der Waals surface area (Å²) in [6.45, 7) is 2.95. The minimum absolute atomic E-state index is 0.149. The molecule has 3 aromatic rings. The van der Waals surface area contributed by atoms with Gasteiger partial charge < -0.3 is 20.1 Å². The molecule has 1 amide bonds. The van der Waals surface area contributed by atoms with Gasteiger partial charge >= 0.3 is 0 Å². The first-order chi connectivity index (χ1) is 15.2. The fourth-order valence-corrected chi connectivity index (χ4v) is 3.25. The number of anilines is 3. The van der Waals surface area contributed by atoms with Gasteiger partial charge in [0, 0.05) is 23.5 Å². The standard InChI is InChI=1S/C22H22ClFN4O4/c1-12-7-14(5-6-16(12)24)26-22-25-13(2)8-21(30)28(22)11-20(29)27-17-9-15(23)18(31-3)10-19(17)32-4/h5-10H,11H2,1-4H3,(H,25,26)(H,27,29). The molecule has 0 saturated heterocycles. The number of hydrogen-bond acceptors (Lipinski definition) is 6. The maximum atomic E-state index is 13.6. The van der Waals surface area contributed by atoms with Crippen molar-refractivity contribution in [2.75, 3.05) is 24.9 Å². The maximum Gasteiger partial charge on any atom is 0.255 e. The number of aryl methyl sites for hydroxylation is 2. The summed E-state index contributed by atoms with van der Waals surface area (Å²) in [4.78, 5) is 29.7. The third kappa shape index (κ3) is 5.17. The molecule has 2 N–H and O–H groups in total. The SMILES string of the molecule is COc1cc(OC)c(NC(=O)Cn2c(Nc3ccc(F)c(C)c3)nc(C)cc2=O)cc1Cl. The number of ether oxygens (including phenoxy) is 2. The van der Waals surface area contributed by atoms with Crippen LogP contribution in [-0.2, 0) is 11.3 Å². The Hall–Kier alpha value is -3.59. The lowest BCUT2D eigenvalue weighted by molar-refractivity contribution is -0.116. The van der Waals surface area contributed by atoms with Crippen LogP contribution in [0.15, 0.2) is 41.2 Å². The minimum atomic E-state index is -0.504. The van der Waals surface area contributed by atoms with E-state index < -0.39 is 11.5 Å². The van der Waals surface area contributed by atoms with Crippen LogP contribution in [0.2, 0.25) is 5.02 Å². The molecule has 0 spiro atoms. The molecule has 0 aliphatic carbocycles. The molecule has 1 aromatic heterocycles. The average Bonchev–Trinajstić information content (AvgIpc) is 2.73. The van der Waals surface area contributed by atoms with Crippen LogP contribution in [0.4, 0.5) is 21.7 Å². The summed E-state index contributed by atoms with van der Waals surface area (Å²) in [6.07, 6.45) is 0. The quantitative estimate of drug-likeness (QED) is 0.552. The van der Waals surface area contributed by atoms with Crippen molar-refractivity contribution in [2.45, 2.75) is 20.4 Å². The smallest absolute Gasteiger partial charge is 0.255 e. The lowest BCUT2D eigenvalue weighted by atomic mass is 10.2. The van der Waals surface area contributed by atoms with Gasteiger partial charge in [-0.15, -0.1) is 0 Å². The number of amides is 1. The molecule has 0 aliphatic heterocycles. The maximum absolute atomic E-state index is 13.6. The van der Waals surface area contributed by atoms with Crippen molar-refractivity contribution in [3.8, 4) is 11.5 Å². The number of carbonyl (C=O) groups is 1. The van der Waals surface area contributed by atoms with Crippen LogP contribution < -0.4 is 25.7 Å². The summed E-state index contributed by atoms with van der Waals surface area (Å²) in [5.74, 6) is 0.0267. The fourth-order valence-electron chi connectivity index (χ4n) is 3.01. The number of carbonyl (C=O) groups excluding carboxylic acids is 1. The van der Waals surface area contributed by atoms with E-state index in [1.54, 1.807) is 26.0 Å². The fraction of sp³-hybridized carbons (Fsp3) is 0.227. The van der Waals surface area contributed by atoms with Crippen molar-refractivity contribution in [2.24, 2.45) is 0 Å². The Balaban J connectivity index is 1.89. The van der Waals surface area contributed by atoms with Crippen molar-refractivity contribution < 1.29 is 18.7 Å². The Labute approximate surface area is 189 Å². The third-order valence-electron chi connectivity index (χ3n) is 4.60. The Morgan fingerprint density at radius 2 is 1.84 bits per heavy atom. The van der Waals surface area contributed by atoms with Gasteiger partial charge in [0.2, 0.25) is 11.9 Å². The first-order valence-corrected chi connectivity index (χ1v) is 9.92. The number of aromatic nitrogens is 2. The van der Waals surface area contributed by atoms with Crippen LogP contribution in [-0.4, -0.2) is 29.7 Å². The molecule has 0 fully saturated rings. The molecular formula is C22H22ClFN4O4. The van der Waals surface area contributed by atoms with Gasteiger partial charge in [0.1, 0.15) is 23.9 Å². The third-order valence-corrected chi connectivity index (χ3v) is 4.90. The normalized spacial score (nSPS) is 10.6. The molecule has 2 aromatic carbocycles. The second-order valence-corrected chi connectivity index (χ2v) is 7.38. The molecule has 0 radical (unpaired) electrons. The van der Waals surface area contributed by atoms with Crippen LogP contribution in [0.25, 0.3) is 0 Å². The van der Waals surface area contributed by atoms with Crippen LogP contribution in [0.5, 0.6) is 11.5 Å². The predicted octanol–water partition coefficient (Wildman–Crippen LogP) is 4.05. The lowest BCUT2D eigenvalue weighted by Gasteiger charge is -2.16. The number of rotatable bonds is 7. The Morgan fingerprint density at radius 3 is 2.50 bits per heavy atom. The van der Waals surface area contributed by atoms with E-state index in [2.05, 4.69) is 15.6 Å². The van der Waals surface area contributed by atoms with Crippen LogP contribution in [0.3, 0.4) is 0 Å². The topological polar surface area (TPSA) is 94.5 Å². The van der Waals surface area contributed by atoms with E-state index in [0.717, 1.165) is 0 Å². The highest BCUT2D eigenvalue weighted by Gasteiger charge is 2.16. The van der Waals surface area contributed by atoms with Crippen molar-refractivity contribution >= 4 is 34.8 Å². The number of nitrogens with one attached hydrogen (secondary N) is 2. The van der Waals surface area contributed by atoms with Gasteiger partial charge in [-0.2, -0.15) is 0 Å². The predicted molar refractivity (Wildman–Crippen MR) is 121 cm³/mol. The minimum Gasteiger partial charge on any atom is -0.495 e. The molecule has 32 heavy (non-hydrogen) atoms. The first-order valence-electron chi connectivity index (χ1n) is 9.55. The van der Waals surface area contributed by atoms with E-state index >= 15 is 0 Å². The van der Waals surface area contributed by atoms with Gasteiger partial charge in [0.25, 0.3) is 5.56 Å². The van der Waals surface area contributed by atoms with Crippen LogP contribution in [0, 0.1) is 19.7 Å². The van der Waals surface area contributed by atoms with Crippen molar-refractivity contribution in [1.82, 2.24) is 9.55 Å². The molecule has 10 heteroatoms. The van der Waals surface area contributed by atoms with E-state index in [4.69, 9.17) is 21.1 Å². The zero-order valence-corrected chi connectivity index (χ0v) is 18.7. The van der Waals surface area contributed by atoms with Gasteiger partial charge in [0.05, 0.1) is 24.9 Å². The average molecular weight is 461 g/mol. The molecule has 0 atom stereocenters. The highest BCUT2D eigenvalue weighted by Crippen LogP contribution is 2.35. The molecular weight excluding hydrogens is 439 g/mol. The summed E-state index contributed by atoms with van der Waals surface area (Å²) in [6, 6.07) is 8.76. The summed E-state index contributed by atoms with van der Waals surface area (Å²) in [5.41, 5.74) is 1.32. The van der Waals surface area contributed by atoms with Gasteiger partial charge in [-0.25, -0.2) is 9.37 Å². The molecule has 3 rings (SSSR count).